The summed E-state index contributed by atoms with van der Waals surface area (Å²) in [5.41, 5.74) is 3.63. The number of carbonyl (C=O) groups excluding carboxylic acids is 2. The minimum atomic E-state index is -0.192. The maximum atomic E-state index is 13.8. The van der Waals surface area contributed by atoms with Gasteiger partial charge in [0, 0.05) is 30.1 Å². The first-order valence-corrected chi connectivity index (χ1v) is 12.9. The number of nitrogens with zero attached hydrogens (tertiary/aromatic N) is 4. The van der Waals surface area contributed by atoms with E-state index in [1.54, 1.807) is 42.0 Å². The van der Waals surface area contributed by atoms with Crippen molar-refractivity contribution in [3.63, 3.8) is 0 Å². The fourth-order valence-corrected chi connectivity index (χ4v) is 5.46. The topological polar surface area (TPSA) is 76.9 Å². The second-order valence-electron chi connectivity index (χ2n) is 9.40. The fourth-order valence-electron chi connectivity index (χ4n) is 5.17. The summed E-state index contributed by atoms with van der Waals surface area (Å²) < 4.78 is 12.6. The molecule has 2 aliphatic heterocycles. The summed E-state index contributed by atoms with van der Waals surface area (Å²) in [6, 6.07) is 10.3. The van der Waals surface area contributed by atoms with E-state index in [-0.39, 0.29) is 23.9 Å². The number of fused-ring (bicyclic) bond motifs is 3. The molecule has 0 N–H and O–H groups in total. The van der Waals surface area contributed by atoms with Crippen LogP contribution in [0.1, 0.15) is 57.6 Å². The average Bonchev–Trinajstić information content (AvgIpc) is 3.26. The molecule has 0 saturated heterocycles. The monoisotopic (exact) mass is 542 g/mol. The number of hydrogen-bond donors (Lipinski definition) is 0. The van der Waals surface area contributed by atoms with Gasteiger partial charge in [-0.25, -0.2) is 0 Å². The second-order valence-corrected chi connectivity index (χ2v) is 10.2. The van der Waals surface area contributed by atoms with Crippen molar-refractivity contribution >= 4 is 35.0 Å². The summed E-state index contributed by atoms with van der Waals surface area (Å²) in [5.74, 6) is 0.995. The molecule has 5 rings (SSSR count). The molecule has 37 heavy (non-hydrogen) atoms. The van der Waals surface area contributed by atoms with Crippen molar-refractivity contribution < 1.29 is 19.1 Å². The van der Waals surface area contributed by atoms with Crippen LogP contribution in [0.25, 0.3) is 0 Å². The highest BCUT2D eigenvalue weighted by Gasteiger charge is 2.38. The van der Waals surface area contributed by atoms with Crippen LogP contribution in [0.15, 0.2) is 36.4 Å². The summed E-state index contributed by atoms with van der Waals surface area (Å²) in [7, 11) is 3.19. The molecule has 2 atom stereocenters. The van der Waals surface area contributed by atoms with E-state index in [1.807, 2.05) is 36.9 Å². The first-order valence-electron chi connectivity index (χ1n) is 12.1. The number of rotatable bonds is 5. The number of hydrogen-bond acceptors (Lipinski definition) is 5. The van der Waals surface area contributed by atoms with Gasteiger partial charge in [0.15, 0.2) is 11.5 Å². The molecule has 2 aliphatic rings. The predicted octanol–water partition coefficient (Wildman–Crippen LogP) is 5.01. The zero-order valence-corrected chi connectivity index (χ0v) is 22.6. The van der Waals surface area contributed by atoms with E-state index < -0.39 is 0 Å². The van der Waals surface area contributed by atoms with Gasteiger partial charge in [0.1, 0.15) is 5.69 Å². The van der Waals surface area contributed by atoms with Crippen LogP contribution in [0.5, 0.6) is 11.5 Å². The molecule has 1 unspecified atom stereocenters. The highest BCUT2D eigenvalue weighted by Crippen LogP contribution is 2.35. The van der Waals surface area contributed by atoms with Crippen molar-refractivity contribution in [3.05, 3.63) is 74.5 Å². The first kappa shape index (κ1) is 25.4. The number of carbonyl (C=O) groups is 2. The van der Waals surface area contributed by atoms with Crippen LogP contribution in [0, 0.1) is 0 Å². The van der Waals surface area contributed by atoms with Crippen molar-refractivity contribution in [2.45, 2.75) is 45.4 Å². The lowest BCUT2D eigenvalue weighted by atomic mass is 9.97. The summed E-state index contributed by atoms with van der Waals surface area (Å²) in [4.78, 5) is 30.9. The lowest BCUT2D eigenvalue weighted by molar-refractivity contribution is 0.0604. The summed E-state index contributed by atoms with van der Waals surface area (Å²) in [6.07, 6.45) is 0.570. The molecule has 2 amide bonds. The molecule has 3 aromatic rings. The largest absolute Gasteiger partial charge is 0.493 e. The third-order valence-corrected chi connectivity index (χ3v) is 8.02. The van der Waals surface area contributed by atoms with Crippen molar-refractivity contribution in [1.29, 1.82) is 0 Å². The highest BCUT2D eigenvalue weighted by molar-refractivity contribution is 6.42. The molecule has 1 aromatic heterocycles. The number of ether oxygens (including phenoxy) is 2. The van der Waals surface area contributed by atoms with Crippen LogP contribution < -0.4 is 9.47 Å². The normalized spacial score (nSPS) is 17.8. The molecular formula is C27H28Cl2N4O4. The summed E-state index contributed by atoms with van der Waals surface area (Å²) in [5, 5.41) is 5.48. The Bertz CT molecular complexity index is 1390. The first-order chi connectivity index (χ1) is 17.7. The molecule has 0 saturated carbocycles. The Hall–Kier alpha value is -3.23. The Labute approximate surface area is 225 Å². The van der Waals surface area contributed by atoms with Crippen LogP contribution >= 0.6 is 23.2 Å². The summed E-state index contributed by atoms with van der Waals surface area (Å²) >= 11 is 12.2. The molecule has 194 valence electrons. The van der Waals surface area contributed by atoms with Gasteiger partial charge in [-0.1, -0.05) is 29.3 Å². The molecule has 2 aromatic carbocycles. The van der Waals surface area contributed by atoms with E-state index in [1.165, 1.54) is 0 Å². The lowest BCUT2D eigenvalue weighted by Gasteiger charge is -2.35. The minimum Gasteiger partial charge on any atom is -0.493 e. The third-order valence-electron chi connectivity index (χ3n) is 7.28. The molecule has 8 nitrogen and oxygen atoms in total. The van der Waals surface area contributed by atoms with Crippen molar-refractivity contribution in [2.24, 2.45) is 0 Å². The zero-order chi connectivity index (χ0) is 26.4. The molecule has 0 bridgehead atoms. The molecule has 10 heteroatoms. The molecular weight excluding hydrogens is 515 g/mol. The Morgan fingerprint density at radius 3 is 2.51 bits per heavy atom. The molecule has 0 spiro atoms. The second kappa shape index (κ2) is 9.91. The van der Waals surface area contributed by atoms with E-state index in [0.717, 1.165) is 16.8 Å². The van der Waals surface area contributed by atoms with Crippen LogP contribution in [-0.4, -0.2) is 58.2 Å². The van der Waals surface area contributed by atoms with E-state index in [9.17, 15) is 9.59 Å². The SMILES string of the molecule is COc1ccc(C(C)N2CCn3nc4c(c3C2=O)CN(C(=O)c2ccc(Cl)c(Cl)c2)[C@H](C)C4)cc1OC. The van der Waals surface area contributed by atoms with E-state index in [4.69, 9.17) is 37.8 Å². The van der Waals surface area contributed by atoms with E-state index >= 15 is 0 Å². The van der Waals surface area contributed by atoms with Gasteiger partial charge in [-0.3, -0.25) is 14.3 Å². The Balaban J connectivity index is 1.43. The van der Waals surface area contributed by atoms with Gasteiger partial charge in [-0.15, -0.1) is 0 Å². The van der Waals surface area contributed by atoms with Gasteiger partial charge < -0.3 is 19.3 Å². The quantitative estimate of drug-likeness (QED) is 0.452. The van der Waals surface area contributed by atoms with Gasteiger partial charge in [-0.2, -0.15) is 5.10 Å². The van der Waals surface area contributed by atoms with E-state index in [0.29, 0.717) is 58.9 Å². The smallest absolute Gasteiger partial charge is 0.273 e. The van der Waals surface area contributed by atoms with Crippen molar-refractivity contribution in [1.82, 2.24) is 19.6 Å². The Morgan fingerprint density at radius 1 is 1.05 bits per heavy atom. The van der Waals surface area contributed by atoms with Crippen molar-refractivity contribution in [2.75, 3.05) is 20.8 Å². The van der Waals surface area contributed by atoms with E-state index in [2.05, 4.69) is 0 Å². The number of halogens is 2. The summed E-state index contributed by atoms with van der Waals surface area (Å²) in [6.45, 7) is 5.41. The number of aromatic nitrogens is 2. The van der Waals surface area contributed by atoms with Gasteiger partial charge >= 0.3 is 0 Å². The third kappa shape index (κ3) is 4.42. The minimum absolute atomic E-state index is 0.0803. The van der Waals surface area contributed by atoms with Crippen LogP contribution in [0.2, 0.25) is 10.0 Å². The maximum absolute atomic E-state index is 13.8. The molecule has 0 aliphatic carbocycles. The fraction of sp³-hybridized carbons (Fsp3) is 0.370. The average molecular weight is 543 g/mol. The van der Waals surface area contributed by atoms with Crippen LogP contribution in [0.4, 0.5) is 0 Å². The molecule has 0 radical (unpaired) electrons. The Morgan fingerprint density at radius 2 is 1.81 bits per heavy atom. The number of amides is 2. The molecule has 0 fully saturated rings. The van der Waals surface area contributed by atoms with Gasteiger partial charge in [0.2, 0.25) is 0 Å². The maximum Gasteiger partial charge on any atom is 0.273 e. The van der Waals surface area contributed by atoms with Crippen molar-refractivity contribution in [3.8, 4) is 11.5 Å². The Kier molecular flexibility index (Phi) is 6.81. The van der Waals surface area contributed by atoms with Crippen LogP contribution in [0.3, 0.4) is 0 Å². The number of methoxy groups -OCH3 is 2. The standard InChI is InChI=1S/C27H28Cl2N4O4/c1-15-11-22-19(14-32(15)26(34)18-5-7-20(28)21(29)12-18)25-27(35)31(9-10-33(25)30-22)16(2)17-6-8-23(36-3)24(13-17)37-4/h5-8,12-13,15-16H,9-11,14H2,1-4H3/t15-,16?/m1/s1. The number of benzene rings is 2. The van der Waals surface area contributed by atoms with Gasteiger partial charge in [-0.05, 0) is 49.7 Å². The molecule has 3 heterocycles. The predicted molar refractivity (Wildman–Crippen MR) is 141 cm³/mol. The zero-order valence-electron chi connectivity index (χ0n) is 21.1. The lowest BCUT2D eigenvalue weighted by Crippen LogP contribution is -2.44. The van der Waals surface area contributed by atoms with Crippen LogP contribution in [-0.2, 0) is 19.5 Å². The van der Waals surface area contributed by atoms with Gasteiger partial charge in [0.25, 0.3) is 11.8 Å². The van der Waals surface area contributed by atoms with Gasteiger partial charge in [0.05, 0.1) is 49.1 Å². The highest BCUT2D eigenvalue weighted by atomic mass is 35.5.